The second kappa shape index (κ2) is 5.95. The van der Waals surface area contributed by atoms with Crippen LogP contribution in [0.1, 0.15) is 13.3 Å². The molecule has 9 heavy (non-hydrogen) atoms. The number of carbonyl (C=O) groups excluding carboxylic acids is 1. The van der Waals surface area contributed by atoms with Crippen LogP contribution in [0.15, 0.2) is 0 Å². The molecule has 1 N–H and O–H groups in total. The van der Waals surface area contributed by atoms with Gasteiger partial charge in [0.05, 0.1) is 0 Å². The van der Waals surface area contributed by atoms with Crippen molar-refractivity contribution in [2.45, 2.75) is 13.3 Å². The van der Waals surface area contributed by atoms with Gasteiger partial charge in [-0.15, -0.1) is 0 Å². The zero-order chi connectivity index (χ0) is 7.11. The molecule has 0 aromatic rings. The summed E-state index contributed by atoms with van der Waals surface area (Å²) in [5, 5.41) is 2.57. The molecule has 1 amide bonds. The fourth-order valence-corrected chi connectivity index (χ4v) is 1.05. The molecule has 0 saturated heterocycles. The third-order valence-corrected chi connectivity index (χ3v) is 1.86. The van der Waals surface area contributed by atoms with Gasteiger partial charge in [-0.3, -0.25) is 4.79 Å². The largest absolute Gasteiger partial charge is 0.359 e. The minimum Gasteiger partial charge on any atom is -0.359 e. The normalized spacial score (nSPS) is 9.11. The summed E-state index contributed by atoms with van der Waals surface area (Å²) in [7, 11) is 1.67. The van der Waals surface area contributed by atoms with Gasteiger partial charge in [0, 0.05) is 19.2 Å². The quantitative estimate of drug-likeness (QED) is 0.598. The molecule has 0 aromatic carbocycles. The maximum Gasteiger partial charge on any atom is 0.220 e. The van der Waals surface area contributed by atoms with Crippen molar-refractivity contribution in [2.24, 2.45) is 0 Å². The number of hydrogen-bond donors (Lipinski definition) is 1. The van der Waals surface area contributed by atoms with E-state index < -0.39 is 0 Å². The highest BCUT2D eigenvalue weighted by atomic mass is 32.2. The van der Waals surface area contributed by atoms with E-state index in [1.165, 1.54) is 0 Å². The molecule has 0 unspecified atom stereocenters. The minimum atomic E-state index is 0.135. The van der Waals surface area contributed by atoms with Gasteiger partial charge in [-0.05, 0) is 5.75 Å². The summed E-state index contributed by atoms with van der Waals surface area (Å²) in [6.07, 6.45) is 0.648. The van der Waals surface area contributed by atoms with Gasteiger partial charge in [0.25, 0.3) is 0 Å². The average Bonchev–Trinajstić information content (AvgIpc) is 1.89. The lowest BCUT2D eigenvalue weighted by atomic mass is 10.5. The molecule has 0 bridgehead atoms. The summed E-state index contributed by atoms with van der Waals surface area (Å²) in [5.74, 6) is 2.17. The number of thioether (sulfide) groups is 1. The smallest absolute Gasteiger partial charge is 0.220 e. The molecule has 3 heteroatoms. The van der Waals surface area contributed by atoms with Crippen LogP contribution in [-0.2, 0) is 4.79 Å². The van der Waals surface area contributed by atoms with Gasteiger partial charge in [-0.25, -0.2) is 0 Å². The van der Waals surface area contributed by atoms with Crippen molar-refractivity contribution < 1.29 is 4.79 Å². The zero-order valence-electron chi connectivity index (χ0n) is 5.94. The Bertz CT molecular complexity index is 85.1. The Morgan fingerprint density at radius 3 is 2.78 bits per heavy atom. The van der Waals surface area contributed by atoms with Gasteiger partial charge >= 0.3 is 0 Å². The Morgan fingerprint density at radius 2 is 2.33 bits per heavy atom. The van der Waals surface area contributed by atoms with E-state index >= 15 is 0 Å². The van der Waals surface area contributed by atoms with E-state index in [0.717, 1.165) is 11.5 Å². The number of carbonyl (C=O) groups is 1. The van der Waals surface area contributed by atoms with E-state index in [1.807, 2.05) is 0 Å². The van der Waals surface area contributed by atoms with Crippen molar-refractivity contribution in [3.05, 3.63) is 0 Å². The van der Waals surface area contributed by atoms with Gasteiger partial charge in [-0.2, -0.15) is 11.8 Å². The van der Waals surface area contributed by atoms with E-state index in [4.69, 9.17) is 0 Å². The molecule has 2 nitrogen and oxygen atoms in total. The van der Waals surface area contributed by atoms with E-state index in [0.29, 0.717) is 6.42 Å². The molecule has 0 fully saturated rings. The van der Waals surface area contributed by atoms with Crippen LogP contribution >= 0.6 is 11.8 Å². The predicted octanol–water partition coefficient (Wildman–Crippen LogP) is 0.876. The van der Waals surface area contributed by atoms with Gasteiger partial charge in [-0.1, -0.05) is 6.92 Å². The molecular formula is C6H13NOS. The Labute approximate surface area is 60.4 Å². The summed E-state index contributed by atoms with van der Waals surface area (Å²) in [6, 6.07) is 0. The lowest BCUT2D eigenvalue weighted by Crippen LogP contribution is -2.17. The van der Waals surface area contributed by atoms with Crippen molar-refractivity contribution in [1.82, 2.24) is 5.32 Å². The van der Waals surface area contributed by atoms with Crippen LogP contribution < -0.4 is 5.32 Å². The summed E-state index contributed by atoms with van der Waals surface area (Å²) in [4.78, 5) is 10.6. The second-order valence-electron chi connectivity index (χ2n) is 1.62. The predicted molar refractivity (Wildman–Crippen MR) is 41.7 cm³/mol. The molecular weight excluding hydrogens is 134 g/mol. The van der Waals surface area contributed by atoms with E-state index in [2.05, 4.69) is 12.2 Å². The van der Waals surface area contributed by atoms with E-state index in [-0.39, 0.29) is 5.91 Å². The molecule has 54 valence electrons. The standard InChI is InChI=1S/C6H13NOS/c1-3-9-5-4-6(8)7-2/h3-5H2,1-2H3,(H,7,8). The van der Waals surface area contributed by atoms with Gasteiger partial charge in [0.2, 0.25) is 5.91 Å². The molecule has 0 saturated carbocycles. The van der Waals surface area contributed by atoms with Gasteiger partial charge in [0.15, 0.2) is 0 Å². The summed E-state index contributed by atoms with van der Waals surface area (Å²) >= 11 is 1.79. The Balaban J connectivity index is 2.97. The first-order chi connectivity index (χ1) is 4.31. The van der Waals surface area contributed by atoms with Crippen LogP contribution in [0.25, 0.3) is 0 Å². The Kier molecular flexibility index (Phi) is 5.83. The SMILES string of the molecule is CCSCCC(=O)NC. The van der Waals surface area contributed by atoms with Crippen molar-refractivity contribution >= 4 is 17.7 Å². The van der Waals surface area contributed by atoms with Crippen molar-refractivity contribution in [3.63, 3.8) is 0 Å². The molecule has 0 aliphatic carbocycles. The molecule has 0 aromatic heterocycles. The second-order valence-corrected chi connectivity index (χ2v) is 3.01. The zero-order valence-corrected chi connectivity index (χ0v) is 6.75. The van der Waals surface area contributed by atoms with Crippen LogP contribution in [0.2, 0.25) is 0 Å². The Hall–Kier alpha value is -0.180. The molecule has 0 rings (SSSR count). The summed E-state index contributed by atoms with van der Waals surface area (Å²) in [5.41, 5.74) is 0. The fourth-order valence-electron chi connectivity index (χ4n) is 0.434. The first-order valence-electron chi connectivity index (χ1n) is 3.09. The number of amides is 1. The fraction of sp³-hybridized carbons (Fsp3) is 0.833. The average molecular weight is 147 g/mol. The van der Waals surface area contributed by atoms with E-state index in [9.17, 15) is 4.79 Å². The third kappa shape index (κ3) is 5.69. The van der Waals surface area contributed by atoms with E-state index in [1.54, 1.807) is 18.8 Å². The van der Waals surface area contributed by atoms with Crippen LogP contribution in [0.4, 0.5) is 0 Å². The monoisotopic (exact) mass is 147 g/mol. The minimum absolute atomic E-state index is 0.135. The third-order valence-electron chi connectivity index (χ3n) is 0.956. The topological polar surface area (TPSA) is 29.1 Å². The van der Waals surface area contributed by atoms with Gasteiger partial charge in [0.1, 0.15) is 0 Å². The van der Waals surface area contributed by atoms with Crippen LogP contribution in [0, 0.1) is 0 Å². The summed E-state index contributed by atoms with van der Waals surface area (Å²) < 4.78 is 0. The highest BCUT2D eigenvalue weighted by molar-refractivity contribution is 7.99. The lowest BCUT2D eigenvalue weighted by Gasteiger charge is -1.96. The van der Waals surface area contributed by atoms with Crippen LogP contribution in [-0.4, -0.2) is 24.5 Å². The molecule has 0 atom stereocenters. The maximum absolute atomic E-state index is 10.6. The van der Waals surface area contributed by atoms with Crippen LogP contribution in [0.5, 0.6) is 0 Å². The first-order valence-corrected chi connectivity index (χ1v) is 4.25. The number of hydrogen-bond acceptors (Lipinski definition) is 2. The Morgan fingerprint density at radius 1 is 1.67 bits per heavy atom. The molecule has 0 aliphatic rings. The molecule has 0 aliphatic heterocycles. The van der Waals surface area contributed by atoms with Crippen molar-refractivity contribution in [3.8, 4) is 0 Å². The number of nitrogens with one attached hydrogen (secondary N) is 1. The summed E-state index contributed by atoms with van der Waals surface area (Å²) in [6.45, 7) is 2.09. The molecule has 0 spiro atoms. The molecule has 0 radical (unpaired) electrons. The van der Waals surface area contributed by atoms with Crippen LogP contribution in [0.3, 0.4) is 0 Å². The van der Waals surface area contributed by atoms with Crippen molar-refractivity contribution in [1.29, 1.82) is 0 Å². The maximum atomic E-state index is 10.6. The highest BCUT2D eigenvalue weighted by Crippen LogP contribution is 1.99. The van der Waals surface area contributed by atoms with Gasteiger partial charge < -0.3 is 5.32 Å². The van der Waals surface area contributed by atoms with Crippen molar-refractivity contribution in [2.75, 3.05) is 18.6 Å². The highest BCUT2D eigenvalue weighted by Gasteiger charge is 1.94. The first kappa shape index (κ1) is 8.82. The molecule has 0 heterocycles. The number of rotatable bonds is 4. The lowest BCUT2D eigenvalue weighted by molar-refractivity contribution is -0.120.